The lowest BCUT2D eigenvalue weighted by Crippen LogP contribution is -2.53. The summed E-state index contributed by atoms with van der Waals surface area (Å²) in [5.74, 6) is 0.780. The van der Waals surface area contributed by atoms with Crippen LogP contribution in [-0.4, -0.2) is 42.6 Å². The molecule has 2 fully saturated rings. The lowest BCUT2D eigenvalue weighted by Gasteiger charge is -2.47. The lowest BCUT2D eigenvalue weighted by atomic mass is 9.84. The molecule has 0 spiro atoms. The number of likely N-dealkylation sites (tertiary alicyclic amines) is 1. The third-order valence-corrected chi connectivity index (χ3v) is 5.08. The summed E-state index contributed by atoms with van der Waals surface area (Å²) in [6.45, 7) is 3.49. The molecule has 1 aromatic rings. The Morgan fingerprint density at radius 3 is 2.85 bits per heavy atom. The molecule has 0 bridgehead atoms. The molecule has 3 nitrogen and oxygen atoms in total. The fourth-order valence-electron chi connectivity index (χ4n) is 3.83. The summed E-state index contributed by atoms with van der Waals surface area (Å²) in [6, 6.07) is 9.05. The molecule has 0 radical (unpaired) electrons. The van der Waals surface area contributed by atoms with Crippen molar-refractivity contribution in [3.8, 4) is 0 Å². The van der Waals surface area contributed by atoms with Gasteiger partial charge in [-0.1, -0.05) is 24.4 Å². The Morgan fingerprint density at radius 2 is 2.05 bits per heavy atom. The molecule has 20 heavy (non-hydrogen) atoms. The van der Waals surface area contributed by atoms with Crippen LogP contribution in [0, 0.1) is 5.92 Å². The molecule has 0 aliphatic carbocycles. The van der Waals surface area contributed by atoms with Gasteiger partial charge < -0.3 is 15.5 Å². The Balaban J connectivity index is 1.81. The predicted molar refractivity (Wildman–Crippen MR) is 88.3 cm³/mol. The van der Waals surface area contributed by atoms with Gasteiger partial charge in [-0.15, -0.1) is 0 Å². The molecule has 1 aromatic carbocycles. The van der Waals surface area contributed by atoms with Crippen LogP contribution in [0.5, 0.6) is 0 Å². The van der Waals surface area contributed by atoms with Gasteiger partial charge in [0.2, 0.25) is 0 Å². The third kappa shape index (κ3) is 2.54. The highest BCUT2D eigenvalue weighted by atomic mass is 32.1. The fourth-order valence-corrected chi connectivity index (χ4v) is 4.00. The highest BCUT2D eigenvalue weighted by molar-refractivity contribution is 7.80. The summed E-state index contributed by atoms with van der Waals surface area (Å²) < 4.78 is 0. The Labute approximate surface area is 126 Å². The number of rotatable bonds is 2. The van der Waals surface area contributed by atoms with E-state index in [4.69, 9.17) is 18.0 Å². The number of thiocarbonyl (C=S) groups is 1. The number of hydrogen-bond donors (Lipinski definition) is 1. The van der Waals surface area contributed by atoms with Crippen LogP contribution >= 0.6 is 12.2 Å². The maximum absolute atomic E-state index is 5.87. The van der Waals surface area contributed by atoms with Crippen LogP contribution in [0.1, 0.15) is 24.8 Å². The number of anilines is 1. The van der Waals surface area contributed by atoms with E-state index in [1.165, 1.54) is 31.5 Å². The van der Waals surface area contributed by atoms with E-state index in [2.05, 4.69) is 29.0 Å². The minimum Gasteiger partial charge on any atom is -0.389 e. The largest absolute Gasteiger partial charge is 0.389 e. The first-order chi connectivity index (χ1) is 9.66. The van der Waals surface area contributed by atoms with Crippen molar-refractivity contribution in [3.63, 3.8) is 0 Å². The van der Waals surface area contributed by atoms with E-state index < -0.39 is 0 Å². The smallest absolute Gasteiger partial charge is 0.106 e. The average Bonchev–Trinajstić information content (AvgIpc) is 2.47. The molecule has 4 heteroatoms. The number of nitrogens with two attached hydrogens (primary N) is 1. The van der Waals surface area contributed by atoms with Crippen LogP contribution in [0.15, 0.2) is 24.3 Å². The topological polar surface area (TPSA) is 32.5 Å². The molecule has 2 unspecified atom stereocenters. The van der Waals surface area contributed by atoms with Gasteiger partial charge in [-0.05, 0) is 50.9 Å². The second-order valence-corrected chi connectivity index (χ2v) is 6.51. The monoisotopic (exact) mass is 289 g/mol. The Bertz CT molecular complexity index is 502. The highest BCUT2D eigenvalue weighted by Gasteiger charge is 2.34. The summed E-state index contributed by atoms with van der Waals surface area (Å²) in [5, 5.41) is 0. The van der Waals surface area contributed by atoms with Gasteiger partial charge in [0, 0.05) is 30.4 Å². The van der Waals surface area contributed by atoms with E-state index in [0.29, 0.717) is 4.99 Å². The Kier molecular flexibility index (Phi) is 3.94. The quantitative estimate of drug-likeness (QED) is 0.846. The molecular weight excluding hydrogens is 266 g/mol. The molecular formula is C16H23N3S. The van der Waals surface area contributed by atoms with Gasteiger partial charge >= 0.3 is 0 Å². The molecule has 0 amide bonds. The van der Waals surface area contributed by atoms with Crippen molar-refractivity contribution < 1.29 is 0 Å². The van der Waals surface area contributed by atoms with E-state index in [1.54, 1.807) is 0 Å². The molecule has 3 rings (SSSR count). The molecule has 2 atom stereocenters. The van der Waals surface area contributed by atoms with Crippen LogP contribution in [-0.2, 0) is 0 Å². The minimum absolute atomic E-state index is 0.503. The normalized spacial score (nSPS) is 27.1. The number of nitrogens with zero attached hydrogens (tertiary/aromatic N) is 2. The zero-order chi connectivity index (χ0) is 14.1. The van der Waals surface area contributed by atoms with Gasteiger partial charge in [0.15, 0.2) is 0 Å². The van der Waals surface area contributed by atoms with Gasteiger partial charge in [0.25, 0.3) is 0 Å². The number of fused-ring (bicyclic) bond motifs is 1. The first-order valence-electron chi connectivity index (χ1n) is 7.51. The van der Waals surface area contributed by atoms with Gasteiger partial charge in [-0.3, -0.25) is 0 Å². The van der Waals surface area contributed by atoms with E-state index in [0.717, 1.165) is 30.6 Å². The summed E-state index contributed by atoms with van der Waals surface area (Å²) in [6.07, 6.45) is 3.91. The number of hydrogen-bond acceptors (Lipinski definition) is 3. The molecule has 2 heterocycles. The van der Waals surface area contributed by atoms with Gasteiger partial charge in [-0.25, -0.2) is 0 Å². The van der Waals surface area contributed by atoms with E-state index in [1.807, 2.05) is 12.1 Å². The molecule has 2 saturated heterocycles. The SMILES string of the molecule is CN1CCCC2CN(c3ccccc3C(N)=S)CCC21. The van der Waals surface area contributed by atoms with Gasteiger partial charge in [0.05, 0.1) is 0 Å². The average molecular weight is 289 g/mol. The van der Waals surface area contributed by atoms with Crippen molar-refractivity contribution in [3.05, 3.63) is 29.8 Å². The number of benzene rings is 1. The van der Waals surface area contributed by atoms with Crippen LogP contribution in [0.4, 0.5) is 5.69 Å². The summed E-state index contributed by atoms with van der Waals surface area (Å²) in [7, 11) is 2.27. The first kappa shape index (κ1) is 13.8. The van der Waals surface area contributed by atoms with Crippen LogP contribution in [0.2, 0.25) is 0 Å². The first-order valence-corrected chi connectivity index (χ1v) is 7.91. The summed E-state index contributed by atoms with van der Waals surface area (Å²) in [4.78, 5) is 5.53. The number of piperidine rings is 2. The molecule has 2 aliphatic rings. The molecule has 2 N–H and O–H groups in total. The molecule has 2 aliphatic heterocycles. The van der Waals surface area contributed by atoms with E-state index >= 15 is 0 Å². The van der Waals surface area contributed by atoms with Crippen molar-refractivity contribution in [1.29, 1.82) is 0 Å². The highest BCUT2D eigenvalue weighted by Crippen LogP contribution is 2.33. The standard InChI is InChI=1S/C16H23N3S/c1-18-9-4-5-12-11-19(10-8-14(12)18)15-7-3-2-6-13(15)16(17)20/h2-3,6-7,12,14H,4-5,8-11H2,1H3,(H2,17,20). The maximum atomic E-state index is 5.87. The molecule has 108 valence electrons. The van der Waals surface area contributed by atoms with Crippen molar-refractivity contribution in [2.45, 2.75) is 25.3 Å². The zero-order valence-electron chi connectivity index (χ0n) is 12.1. The van der Waals surface area contributed by atoms with Crippen LogP contribution < -0.4 is 10.6 Å². The Hall–Kier alpha value is -1.13. The maximum Gasteiger partial charge on any atom is 0.106 e. The van der Waals surface area contributed by atoms with Gasteiger partial charge in [-0.2, -0.15) is 0 Å². The van der Waals surface area contributed by atoms with Crippen molar-refractivity contribution in [2.75, 3.05) is 31.6 Å². The zero-order valence-corrected chi connectivity index (χ0v) is 12.9. The van der Waals surface area contributed by atoms with E-state index in [-0.39, 0.29) is 0 Å². The lowest BCUT2D eigenvalue weighted by molar-refractivity contribution is 0.102. The predicted octanol–water partition coefficient (Wildman–Crippen LogP) is 2.24. The summed E-state index contributed by atoms with van der Waals surface area (Å²) in [5.41, 5.74) is 8.10. The van der Waals surface area contributed by atoms with Gasteiger partial charge in [0.1, 0.15) is 4.99 Å². The Morgan fingerprint density at radius 1 is 1.25 bits per heavy atom. The molecule has 0 saturated carbocycles. The van der Waals surface area contributed by atoms with Crippen LogP contribution in [0.25, 0.3) is 0 Å². The summed E-state index contributed by atoms with van der Waals surface area (Å²) >= 11 is 5.20. The third-order valence-electron chi connectivity index (χ3n) is 4.86. The van der Waals surface area contributed by atoms with Crippen molar-refractivity contribution >= 4 is 22.9 Å². The van der Waals surface area contributed by atoms with Crippen LogP contribution in [0.3, 0.4) is 0 Å². The molecule has 0 aromatic heterocycles. The second kappa shape index (κ2) is 5.70. The second-order valence-electron chi connectivity index (χ2n) is 6.07. The van der Waals surface area contributed by atoms with Crippen molar-refractivity contribution in [1.82, 2.24) is 4.90 Å². The number of para-hydroxylation sites is 1. The van der Waals surface area contributed by atoms with E-state index in [9.17, 15) is 0 Å². The fraction of sp³-hybridized carbons (Fsp3) is 0.562. The van der Waals surface area contributed by atoms with Crippen molar-refractivity contribution in [2.24, 2.45) is 11.7 Å². The minimum atomic E-state index is 0.503.